The minimum absolute atomic E-state index is 0. The van der Waals surface area contributed by atoms with Crippen molar-refractivity contribution in [2.75, 3.05) is 62.2 Å². The Morgan fingerprint density at radius 1 is 0.811 bits per heavy atom. The zero-order valence-electron chi connectivity index (χ0n) is 31.1. The van der Waals surface area contributed by atoms with Crippen LogP contribution in [0.3, 0.4) is 0 Å². The first-order chi connectivity index (χ1) is 24.6. The predicted octanol–water partition coefficient (Wildman–Crippen LogP) is 7.05. The van der Waals surface area contributed by atoms with E-state index in [9.17, 15) is 9.90 Å². The van der Waals surface area contributed by atoms with Crippen molar-refractivity contribution in [3.63, 3.8) is 0 Å². The van der Waals surface area contributed by atoms with Crippen molar-refractivity contribution >= 4 is 53.9 Å². The monoisotopic (exact) mass is 950 g/mol. The zero-order chi connectivity index (χ0) is 35.9. The number of ether oxygens (including phenoxy) is 6. The Hall–Kier alpha value is -3.47. The van der Waals surface area contributed by atoms with Gasteiger partial charge in [0.25, 0.3) is 0 Å². The standard InChI is InChI=1S/C41H46N2O8.2HI/c1-42-16-13-28-23-37(48-5)40(49-6)41-39(28)31(42)19-26-9-12-33(46-3)35(21-26)50-29-10-7-25(8-11-29)20-32-30-24-36(51-41)34(47-4)22-27(30)14-17-43(32,2)18-15-38(44)45;;/h7-12,21-24,31-32H,13-20H2,1-6H3;2*1H. The number of rotatable bonds is 7. The molecule has 0 aliphatic carbocycles. The van der Waals surface area contributed by atoms with Crippen LogP contribution in [-0.4, -0.2) is 77.5 Å². The van der Waals surface area contributed by atoms with Crippen LogP contribution in [0, 0.1) is 0 Å². The van der Waals surface area contributed by atoms with Gasteiger partial charge in [-0.2, -0.15) is 0 Å². The molecule has 4 heterocycles. The second kappa shape index (κ2) is 16.9. The van der Waals surface area contributed by atoms with Gasteiger partial charge in [0.15, 0.2) is 34.5 Å². The number of fused-ring (bicyclic) bond motifs is 2. The van der Waals surface area contributed by atoms with Crippen LogP contribution in [0.1, 0.15) is 51.9 Å². The smallest absolute Gasteiger partial charge is 0.204 e. The van der Waals surface area contributed by atoms with E-state index in [1.54, 1.807) is 28.4 Å². The summed E-state index contributed by atoms with van der Waals surface area (Å²) in [6, 6.07) is 20.3. The Labute approximate surface area is 345 Å². The van der Waals surface area contributed by atoms with Gasteiger partial charge in [-0.25, -0.2) is 0 Å². The van der Waals surface area contributed by atoms with Crippen LogP contribution >= 0.6 is 48.0 Å². The maximum absolute atomic E-state index is 11.7. The van der Waals surface area contributed by atoms with Gasteiger partial charge in [0.2, 0.25) is 5.75 Å². The first kappa shape index (κ1) is 40.7. The van der Waals surface area contributed by atoms with Crippen LogP contribution in [-0.2, 0) is 30.5 Å². The highest BCUT2D eigenvalue weighted by Gasteiger charge is 2.40. The number of carboxylic acids is 1. The van der Waals surface area contributed by atoms with Crippen molar-refractivity contribution in [1.82, 2.24) is 4.90 Å². The maximum Gasteiger partial charge on any atom is 0.204 e. The molecule has 0 fully saturated rings. The van der Waals surface area contributed by atoms with E-state index in [-0.39, 0.29) is 66.5 Å². The van der Waals surface area contributed by atoms with Gasteiger partial charge in [-0.1, -0.05) is 18.2 Å². The molecule has 3 unspecified atom stereocenters. The summed E-state index contributed by atoms with van der Waals surface area (Å²) in [5.74, 6) is 3.81. The Bertz CT molecular complexity index is 1960. The lowest BCUT2D eigenvalue weighted by atomic mass is 9.86. The normalized spacial score (nSPS) is 20.1. The molecule has 4 aromatic rings. The molecule has 0 N–H and O–H groups in total. The van der Waals surface area contributed by atoms with Crippen LogP contribution in [0.5, 0.6) is 46.0 Å². The number of hydrogen-bond acceptors (Lipinski definition) is 9. The molecular weight excluding hydrogens is 902 g/mol. The van der Waals surface area contributed by atoms with E-state index >= 15 is 0 Å². The van der Waals surface area contributed by atoms with Crippen molar-refractivity contribution in [2.24, 2.45) is 0 Å². The van der Waals surface area contributed by atoms with Crippen molar-refractivity contribution < 1.29 is 42.8 Å². The van der Waals surface area contributed by atoms with Crippen LogP contribution in [0.15, 0.2) is 60.7 Å². The van der Waals surface area contributed by atoms with E-state index < -0.39 is 5.97 Å². The number of methoxy groups -OCH3 is 4. The van der Waals surface area contributed by atoms with Gasteiger partial charge in [-0.3, -0.25) is 4.90 Å². The van der Waals surface area contributed by atoms with E-state index in [0.29, 0.717) is 69.9 Å². The molecule has 12 heteroatoms. The third-order valence-electron chi connectivity index (χ3n) is 11.1. The van der Waals surface area contributed by atoms with E-state index in [4.69, 9.17) is 28.4 Å². The van der Waals surface area contributed by atoms with E-state index in [1.165, 1.54) is 0 Å². The number of likely N-dealkylation sites (N-methyl/N-ethyl adjacent to an activating group) is 2. The van der Waals surface area contributed by atoms with Gasteiger partial charge >= 0.3 is 0 Å². The summed E-state index contributed by atoms with van der Waals surface area (Å²) in [5, 5.41) is 11.7. The summed E-state index contributed by atoms with van der Waals surface area (Å²) < 4.78 is 37.7. The quantitative estimate of drug-likeness (QED) is 0.143. The van der Waals surface area contributed by atoms with E-state index in [2.05, 4.69) is 61.5 Å². The number of aliphatic carboxylic acids is 1. The first-order valence-corrected chi connectivity index (χ1v) is 17.5. The first-order valence-electron chi connectivity index (χ1n) is 17.5. The average Bonchev–Trinajstić information content (AvgIpc) is 3.13. The minimum atomic E-state index is -1.05. The number of benzene rings is 4. The largest absolute Gasteiger partial charge is 0.550 e. The van der Waals surface area contributed by atoms with Crippen LogP contribution in [0.25, 0.3) is 0 Å². The number of carboxylic acid groups (broad SMARTS) is 1. The topological polar surface area (TPSA) is 98.8 Å². The Morgan fingerprint density at radius 3 is 2.17 bits per heavy atom. The molecule has 284 valence electrons. The van der Waals surface area contributed by atoms with Gasteiger partial charge < -0.3 is 42.8 Å². The van der Waals surface area contributed by atoms with Gasteiger partial charge in [-0.05, 0) is 84.6 Å². The summed E-state index contributed by atoms with van der Waals surface area (Å²) in [6.07, 6.45) is 2.89. The fourth-order valence-corrected chi connectivity index (χ4v) is 8.13. The minimum Gasteiger partial charge on any atom is -0.550 e. The summed E-state index contributed by atoms with van der Waals surface area (Å²) >= 11 is 0. The molecule has 53 heavy (non-hydrogen) atoms. The highest BCUT2D eigenvalue weighted by Crippen LogP contribution is 2.52. The number of hydrogen-bond donors (Lipinski definition) is 0. The zero-order valence-corrected chi connectivity index (χ0v) is 35.7. The predicted molar refractivity (Wildman–Crippen MR) is 221 cm³/mol. The number of carbonyl (C=O) groups is 1. The van der Waals surface area contributed by atoms with Crippen molar-refractivity contribution in [3.05, 3.63) is 94.0 Å². The Morgan fingerprint density at radius 2 is 1.49 bits per heavy atom. The van der Waals surface area contributed by atoms with Gasteiger partial charge in [0.1, 0.15) is 11.8 Å². The number of nitrogens with zero attached hydrogens (tertiary/aromatic N) is 2. The average molecular weight is 951 g/mol. The third-order valence-corrected chi connectivity index (χ3v) is 11.1. The Balaban J connectivity index is 0.00000271. The molecule has 3 atom stereocenters. The lowest BCUT2D eigenvalue weighted by molar-refractivity contribution is -0.941. The van der Waals surface area contributed by atoms with E-state index in [1.807, 2.05) is 18.2 Å². The fraction of sp³-hybridized carbons (Fsp3) is 0.390. The molecule has 8 rings (SSSR count). The van der Waals surface area contributed by atoms with Crippen LogP contribution in [0.2, 0.25) is 0 Å². The van der Waals surface area contributed by atoms with Gasteiger partial charge in [-0.15, -0.1) is 48.0 Å². The molecule has 4 aliphatic rings. The van der Waals surface area contributed by atoms with Gasteiger partial charge in [0, 0.05) is 48.9 Å². The fourth-order valence-electron chi connectivity index (χ4n) is 8.13. The molecule has 0 amide bonds. The Kier molecular flexibility index (Phi) is 13.0. The molecule has 6 bridgehead atoms. The lowest BCUT2D eigenvalue weighted by Crippen LogP contribution is -2.53. The molecule has 0 saturated carbocycles. The molecule has 4 aliphatic heterocycles. The summed E-state index contributed by atoms with van der Waals surface area (Å²) in [6.45, 7) is 2.07. The maximum atomic E-state index is 11.7. The van der Waals surface area contributed by atoms with Crippen molar-refractivity contribution in [3.8, 4) is 46.0 Å². The van der Waals surface area contributed by atoms with Crippen molar-refractivity contribution in [2.45, 2.75) is 44.2 Å². The molecule has 0 saturated heterocycles. The number of quaternary nitrogens is 1. The van der Waals surface area contributed by atoms with Crippen LogP contribution < -0.4 is 33.5 Å². The molecule has 0 radical (unpaired) electrons. The molecule has 0 spiro atoms. The summed E-state index contributed by atoms with van der Waals surface area (Å²) in [5.41, 5.74) is 6.60. The summed E-state index contributed by atoms with van der Waals surface area (Å²) in [4.78, 5) is 14.1. The van der Waals surface area contributed by atoms with Gasteiger partial charge in [0.05, 0.1) is 48.6 Å². The highest BCUT2D eigenvalue weighted by molar-refractivity contribution is 14.0. The molecule has 10 nitrogen and oxygen atoms in total. The second-order valence-corrected chi connectivity index (χ2v) is 14.0. The number of carbonyl (C=O) groups excluding carboxylic acids is 1. The summed E-state index contributed by atoms with van der Waals surface area (Å²) in [7, 11) is 10.9. The van der Waals surface area contributed by atoms with E-state index in [0.717, 1.165) is 59.3 Å². The lowest BCUT2D eigenvalue weighted by Gasteiger charge is -2.46. The van der Waals surface area contributed by atoms with Crippen molar-refractivity contribution in [1.29, 1.82) is 0 Å². The second-order valence-electron chi connectivity index (χ2n) is 14.0. The molecule has 4 aromatic carbocycles. The third kappa shape index (κ3) is 8.01. The number of halogens is 2. The molecular formula is C41H48I2N2O8. The highest BCUT2D eigenvalue weighted by atomic mass is 127. The molecule has 0 aromatic heterocycles. The SMILES string of the molecule is COc1ccc2cc1Oc1ccc(cc1)CC1c3cc(c(OC)cc3CC[N+]1(C)CCC(=O)[O-])Oc1c(OC)c(OC)cc3c1C(C2)N(C)CC3.I.I. The van der Waals surface area contributed by atoms with Crippen LogP contribution in [0.4, 0.5) is 0 Å².